The van der Waals surface area contributed by atoms with Crippen molar-refractivity contribution < 1.29 is 0 Å². The Kier molecular flexibility index (Phi) is 2.29. The second-order valence-electron chi connectivity index (χ2n) is 4.43. The third-order valence-corrected chi connectivity index (χ3v) is 3.46. The fraction of sp³-hybridized carbons (Fsp3) is 0.364. The summed E-state index contributed by atoms with van der Waals surface area (Å²) in [6.45, 7) is 2.17. The SMILES string of the molecule is CC1CC1n1nnnc1-c1c(N)cccc1Cl. The summed E-state index contributed by atoms with van der Waals surface area (Å²) < 4.78 is 1.82. The Morgan fingerprint density at radius 1 is 1.47 bits per heavy atom. The van der Waals surface area contributed by atoms with E-state index in [-0.39, 0.29) is 0 Å². The average Bonchev–Trinajstić information content (AvgIpc) is 2.83. The van der Waals surface area contributed by atoms with E-state index in [0.717, 1.165) is 12.0 Å². The first-order chi connectivity index (χ1) is 8.18. The van der Waals surface area contributed by atoms with Crippen LogP contribution in [0.4, 0.5) is 5.69 Å². The average molecular weight is 250 g/mol. The molecule has 1 heterocycles. The number of aromatic nitrogens is 4. The zero-order chi connectivity index (χ0) is 12.0. The number of nitrogens with zero attached hydrogens (tertiary/aromatic N) is 4. The Bertz CT molecular complexity index is 544. The van der Waals surface area contributed by atoms with Crippen molar-refractivity contribution in [3.63, 3.8) is 0 Å². The molecule has 3 rings (SSSR count). The van der Waals surface area contributed by atoms with Gasteiger partial charge in [0.05, 0.1) is 16.6 Å². The van der Waals surface area contributed by atoms with Crippen LogP contribution in [-0.4, -0.2) is 20.2 Å². The first-order valence-corrected chi connectivity index (χ1v) is 5.88. The minimum Gasteiger partial charge on any atom is -0.398 e. The van der Waals surface area contributed by atoms with Crippen molar-refractivity contribution in [1.29, 1.82) is 0 Å². The van der Waals surface area contributed by atoms with Crippen LogP contribution in [0.15, 0.2) is 18.2 Å². The zero-order valence-corrected chi connectivity index (χ0v) is 10.1. The molecule has 2 unspecified atom stereocenters. The summed E-state index contributed by atoms with van der Waals surface area (Å²) in [7, 11) is 0. The van der Waals surface area contributed by atoms with E-state index in [0.29, 0.717) is 28.5 Å². The van der Waals surface area contributed by atoms with E-state index in [1.54, 1.807) is 12.1 Å². The molecule has 1 saturated carbocycles. The Labute approximate surface area is 104 Å². The standard InChI is InChI=1S/C11H12ClN5/c1-6-5-9(6)17-11(14-15-16-17)10-7(12)3-2-4-8(10)13/h2-4,6,9H,5,13H2,1H3. The van der Waals surface area contributed by atoms with Gasteiger partial charge in [0.15, 0.2) is 5.82 Å². The van der Waals surface area contributed by atoms with Crippen LogP contribution in [0.25, 0.3) is 11.4 Å². The summed E-state index contributed by atoms with van der Waals surface area (Å²) >= 11 is 6.17. The molecule has 17 heavy (non-hydrogen) atoms. The minimum absolute atomic E-state index is 0.371. The van der Waals surface area contributed by atoms with Crippen molar-refractivity contribution in [2.45, 2.75) is 19.4 Å². The Morgan fingerprint density at radius 2 is 2.24 bits per heavy atom. The number of halogens is 1. The van der Waals surface area contributed by atoms with Crippen molar-refractivity contribution in [2.24, 2.45) is 5.92 Å². The Hall–Kier alpha value is -1.62. The van der Waals surface area contributed by atoms with Crippen LogP contribution in [0.5, 0.6) is 0 Å². The third-order valence-electron chi connectivity index (χ3n) is 3.14. The highest BCUT2D eigenvalue weighted by Crippen LogP contribution is 2.44. The zero-order valence-electron chi connectivity index (χ0n) is 9.34. The van der Waals surface area contributed by atoms with Crippen molar-refractivity contribution in [1.82, 2.24) is 20.2 Å². The molecule has 1 aromatic heterocycles. The summed E-state index contributed by atoms with van der Waals surface area (Å²) in [6.07, 6.45) is 1.10. The van der Waals surface area contributed by atoms with Gasteiger partial charge in [0.2, 0.25) is 0 Å². The quantitative estimate of drug-likeness (QED) is 0.828. The van der Waals surface area contributed by atoms with Gasteiger partial charge in [-0.05, 0) is 34.9 Å². The maximum atomic E-state index is 6.17. The van der Waals surface area contributed by atoms with E-state index >= 15 is 0 Å². The number of rotatable bonds is 2. The van der Waals surface area contributed by atoms with Gasteiger partial charge in [0.25, 0.3) is 0 Å². The molecule has 0 aliphatic heterocycles. The molecule has 0 amide bonds. The summed E-state index contributed by atoms with van der Waals surface area (Å²) in [5.41, 5.74) is 7.26. The molecule has 0 radical (unpaired) electrons. The fourth-order valence-corrected chi connectivity index (χ4v) is 2.27. The molecule has 2 N–H and O–H groups in total. The van der Waals surface area contributed by atoms with Gasteiger partial charge < -0.3 is 5.73 Å². The second kappa shape index (κ2) is 3.70. The molecule has 6 heteroatoms. The van der Waals surface area contributed by atoms with E-state index in [2.05, 4.69) is 22.4 Å². The molecule has 5 nitrogen and oxygen atoms in total. The summed E-state index contributed by atoms with van der Waals surface area (Å²) in [4.78, 5) is 0. The number of anilines is 1. The van der Waals surface area contributed by atoms with E-state index in [4.69, 9.17) is 17.3 Å². The van der Waals surface area contributed by atoms with Crippen LogP contribution < -0.4 is 5.73 Å². The largest absolute Gasteiger partial charge is 0.398 e. The monoisotopic (exact) mass is 249 g/mol. The maximum Gasteiger partial charge on any atom is 0.185 e. The van der Waals surface area contributed by atoms with E-state index in [1.165, 1.54) is 0 Å². The number of hydrogen-bond acceptors (Lipinski definition) is 4. The summed E-state index contributed by atoms with van der Waals surface area (Å²) in [6, 6.07) is 5.78. The van der Waals surface area contributed by atoms with Gasteiger partial charge in [-0.3, -0.25) is 0 Å². The molecule has 1 aromatic carbocycles. The number of hydrogen-bond donors (Lipinski definition) is 1. The van der Waals surface area contributed by atoms with Crippen molar-refractivity contribution >= 4 is 17.3 Å². The van der Waals surface area contributed by atoms with Gasteiger partial charge in [-0.15, -0.1) is 5.10 Å². The highest BCUT2D eigenvalue weighted by atomic mass is 35.5. The van der Waals surface area contributed by atoms with Gasteiger partial charge >= 0.3 is 0 Å². The van der Waals surface area contributed by atoms with Crippen LogP contribution in [0.1, 0.15) is 19.4 Å². The lowest BCUT2D eigenvalue weighted by molar-refractivity contribution is 0.584. The Morgan fingerprint density at radius 3 is 2.88 bits per heavy atom. The van der Waals surface area contributed by atoms with Gasteiger partial charge in [0, 0.05) is 5.69 Å². The number of benzene rings is 1. The lowest BCUT2D eigenvalue weighted by Gasteiger charge is -2.07. The highest BCUT2D eigenvalue weighted by molar-refractivity contribution is 6.33. The van der Waals surface area contributed by atoms with Gasteiger partial charge in [-0.2, -0.15) is 0 Å². The molecule has 2 atom stereocenters. The molecular weight excluding hydrogens is 238 g/mol. The Balaban J connectivity index is 2.13. The van der Waals surface area contributed by atoms with Crippen molar-refractivity contribution in [3.8, 4) is 11.4 Å². The maximum absolute atomic E-state index is 6.17. The fourth-order valence-electron chi connectivity index (χ4n) is 2.00. The summed E-state index contributed by atoms with van der Waals surface area (Å²) in [5, 5.41) is 12.4. The van der Waals surface area contributed by atoms with Crippen molar-refractivity contribution in [2.75, 3.05) is 5.73 Å². The van der Waals surface area contributed by atoms with E-state index in [1.807, 2.05) is 10.7 Å². The predicted octanol–water partition coefficient (Wildman–Crippen LogP) is 2.16. The van der Waals surface area contributed by atoms with Crippen molar-refractivity contribution in [3.05, 3.63) is 23.2 Å². The molecule has 1 aliphatic rings. The van der Waals surface area contributed by atoms with E-state index in [9.17, 15) is 0 Å². The number of tetrazole rings is 1. The number of nitrogen functional groups attached to an aromatic ring is 1. The predicted molar refractivity (Wildman–Crippen MR) is 65.5 cm³/mol. The molecule has 1 aliphatic carbocycles. The number of nitrogens with two attached hydrogens (primary N) is 1. The van der Waals surface area contributed by atoms with Crippen LogP contribution in [0.3, 0.4) is 0 Å². The molecule has 1 fully saturated rings. The lowest BCUT2D eigenvalue weighted by Crippen LogP contribution is -2.03. The molecule has 0 bridgehead atoms. The lowest BCUT2D eigenvalue weighted by atomic mass is 10.1. The first-order valence-electron chi connectivity index (χ1n) is 5.50. The highest BCUT2D eigenvalue weighted by Gasteiger charge is 2.37. The normalized spacial score (nSPS) is 22.7. The van der Waals surface area contributed by atoms with Crippen LogP contribution in [0, 0.1) is 5.92 Å². The molecule has 88 valence electrons. The molecular formula is C11H12ClN5. The topological polar surface area (TPSA) is 69.6 Å². The summed E-state index contributed by atoms with van der Waals surface area (Å²) in [5.74, 6) is 1.27. The first kappa shape index (κ1) is 10.5. The minimum atomic E-state index is 0.371. The van der Waals surface area contributed by atoms with Crippen LogP contribution >= 0.6 is 11.6 Å². The van der Waals surface area contributed by atoms with Gasteiger partial charge in [-0.1, -0.05) is 24.6 Å². The smallest absolute Gasteiger partial charge is 0.185 e. The molecule has 0 saturated heterocycles. The van der Waals surface area contributed by atoms with E-state index < -0.39 is 0 Å². The second-order valence-corrected chi connectivity index (χ2v) is 4.84. The molecule has 2 aromatic rings. The molecule has 0 spiro atoms. The van der Waals surface area contributed by atoms with Crippen LogP contribution in [-0.2, 0) is 0 Å². The van der Waals surface area contributed by atoms with Gasteiger partial charge in [-0.25, -0.2) is 4.68 Å². The van der Waals surface area contributed by atoms with Crippen LogP contribution in [0.2, 0.25) is 5.02 Å². The third kappa shape index (κ3) is 1.67. The van der Waals surface area contributed by atoms with Gasteiger partial charge in [0.1, 0.15) is 0 Å².